The van der Waals surface area contributed by atoms with Crippen LogP contribution in [0.25, 0.3) is 0 Å². The number of unbranched alkanes of at least 4 members (excludes halogenated alkanes) is 24. The van der Waals surface area contributed by atoms with Crippen LogP contribution < -0.4 is 0 Å². The monoisotopic (exact) mass is 752 g/mol. The molecule has 1 unspecified atom stereocenters. The fraction of sp³-hybridized carbons (Fsp3) is 0.913. The van der Waals surface area contributed by atoms with Crippen LogP contribution in [0.2, 0.25) is 0 Å². The van der Waals surface area contributed by atoms with Crippen LogP contribution in [-0.4, -0.2) is 69.7 Å². The first kappa shape index (κ1) is 51.4. The summed E-state index contributed by atoms with van der Waals surface area (Å²) in [7, 11) is 4.03. The lowest BCUT2D eigenvalue weighted by atomic mass is 10.0. The fourth-order valence-electron chi connectivity index (χ4n) is 6.82. The van der Waals surface area contributed by atoms with E-state index < -0.39 is 6.16 Å². The molecule has 0 saturated heterocycles. The number of hydrogen-bond acceptors (Lipinski definition) is 7. The van der Waals surface area contributed by atoms with Crippen LogP contribution in [0.3, 0.4) is 0 Å². The molecule has 314 valence electrons. The quantitative estimate of drug-likeness (QED) is 0.0350. The van der Waals surface area contributed by atoms with Gasteiger partial charge in [-0.3, -0.25) is 4.79 Å². The van der Waals surface area contributed by atoms with Crippen molar-refractivity contribution >= 4 is 12.1 Å². The highest BCUT2D eigenvalue weighted by Gasteiger charge is 2.16. The second-order valence-electron chi connectivity index (χ2n) is 15.9. The zero-order chi connectivity index (χ0) is 38.9. The molecular weight excluding hydrogens is 663 g/mol. The second-order valence-corrected chi connectivity index (χ2v) is 15.9. The van der Waals surface area contributed by atoms with Gasteiger partial charge in [-0.25, -0.2) is 4.79 Å². The summed E-state index contributed by atoms with van der Waals surface area (Å²) in [6, 6.07) is 0. The predicted octanol–water partition coefficient (Wildman–Crippen LogP) is 13.7. The van der Waals surface area contributed by atoms with Crippen LogP contribution in [0.4, 0.5) is 4.79 Å². The number of hydrogen-bond donors (Lipinski definition) is 0. The maximum absolute atomic E-state index is 12.4. The number of carbonyl (C=O) groups excluding carboxylic acids is 2. The highest BCUT2D eigenvalue weighted by molar-refractivity contribution is 5.66. The van der Waals surface area contributed by atoms with Gasteiger partial charge in [-0.1, -0.05) is 167 Å². The maximum atomic E-state index is 12.4. The van der Waals surface area contributed by atoms with Gasteiger partial charge in [0.05, 0.1) is 13.2 Å². The van der Waals surface area contributed by atoms with E-state index in [1.54, 1.807) is 0 Å². The molecular formula is C46H89NO6. The molecule has 0 aromatic carbocycles. The zero-order valence-electron chi connectivity index (χ0n) is 36.0. The van der Waals surface area contributed by atoms with Crippen molar-refractivity contribution in [3.63, 3.8) is 0 Å². The Labute approximate surface area is 329 Å². The van der Waals surface area contributed by atoms with Crippen LogP contribution in [0.5, 0.6) is 0 Å². The van der Waals surface area contributed by atoms with Gasteiger partial charge in [0.1, 0.15) is 12.2 Å². The number of nitrogens with zero attached hydrogens (tertiary/aromatic N) is 1. The van der Waals surface area contributed by atoms with E-state index >= 15 is 0 Å². The smallest absolute Gasteiger partial charge is 0.462 e. The van der Waals surface area contributed by atoms with Crippen molar-refractivity contribution in [3.05, 3.63) is 12.2 Å². The van der Waals surface area contributed by atoms with Gasteiger partial charge >= 0.3 is 12.1 Å². The molecule has 0 aliphatic rings. The van der Waals surface area contributed by atoms with E-state index in [2.05, 4.69) is 30.9 Å². The molecule has 53 heavy (non-hydrogen) atoms. The Morgan fingerprint density at radius 3 is 1.53 bits per heavy atom. The minimum absolute atomic E-state index is 0.0162. The lowest BCUT2D eigenvalue weighted by Gasteiger charge is -2.18. The largest absolute Gasteiger partial charge is 0.508 e. The van der Waals surface area contributed by atoms with Crippen molar-refractivity contribution in [2.24, 2.45) is 0 Å². The summed E-state index contributed by atoms with van der Waals surface area (Å²) >= 11 is 0. The highest BCUT2D eigenvalue weighted by Crippen LogP contribution is 2.16. The van der Waals surface area contributed by atoms with Crippen LogP contribution in [-0.2, 0) is 23.7 Å². The minimum Gasteiger partial charge on any atom is -0.462 e. The average molecular weight is 752 g/mol. The molecule has 0 aromatic heterocycles. The summed E-state index contributed by atoms with van der Waals surface area (Å²) in [6.07, 6.45) is 41.7. The third-order valence-electron chi connectivity index (χ3n) is 10.1. The van der Waals surface area contributed by atoms with E-state index in [0.717, 1.165) is 70.9 Å². The van der Waals surface area contributed by atoms with Gasteiger partial charge in [-0.15, -0.1) is 0 Å². The minimum atomic E-state index is -0.566. The molecule has 0 radical (unpaired) electrons. The molecule has 2 atom stereocenters. The third-order valence-corrected chi connectivity index (χ3v) is 10.1. The van der Waals surface area contributed by atoms with E-state index in [9.17, 15) is 9.59 Å². The molecule has 0 aliphatic carbocycles. The fourth-order valence-corrected chi connectivity index (χ4v) is 6.82. The molecule has 0 fully saturated rings. The molecule has 0 spiro atoms. The topological polar surface area (TPSA) is 74.3 Å². The Morgan fingerprint density at radius 2 is 1.00 bits per heavy atom. The van der Waals surface area contributed by atoms with Gasteiger partial charge in [-0.2, -0.15) is 0 Å². The molecule has 0 saturated carbocycles. The highest BCUT2D eigenvalue weighted by atomic mass is 16.7. The number of allylic oxidation sites excluding steroid dienone is 1. The van der Waals surface area contributed by atoms with E-state index in [4.69, 9.17) is 18.9 Å². The first-order chi connectivity index (χ1) is 25.9. The van der Waals surface area contributed by atoms with Crippen molar-refractivity contribution in [1.29, 1.82) is 0 Å². The molecule has 0 amide bonds. The summed E-state index contributed by atoms with van der Waals surface area (Å²) < 4.78 is 22.6. The van der Waals surface area contributed by atoms with Crippen molar-refractivity contribution in [2.45, 2.75) is 232 Å². The summed E-state index contributed by atoms with van der Waals surface area (Å²) in [5.74, 6) is -0.176. The van der Waals surface area contributed by atoms with Crippen LogP contribution in [0.15, 0.2) is 12.2 Å². The van der Waals surface area contributed by atoms with Crippen molar-refractivity contribution in [2.75, 3.05) is 40.5 Å². The Morgan fingerprint density at radius 1 is 0.528 bits per heavy atom. The van der Waals surface area contributed by atoms with Gasteiger partial charge in [0.2, 0.25) is 0 Å². The summed E-state index contributed by atoms with van der Waals surface area (Å²) in [4.78, 5) is 25.9. The summed E-state index contributed by atoms with van der Waals surface area (Å²) in [5.41, 5.74) is 0. The molecule has 0 rings (SSSR count). The number of ether oxygens (including phenoxy) is 4. The zero-order valence-corrected chi connectivity index (χ0v) is 36.0. The van der Waals surface area contributed by atoms with Crippen LogP contribution in [0.1, 0.15) is 220 Å². The van der Waals surface area contributed by atoms with E-state index in [1.807, 2.05) is 14.1 Å². The van der Waals surface area contributed by atoms with Crippen molar-refractivity contribution in [3.8, 4) is 0 Å². The van der Waals surface area contributed by atoms with E-state index in [0.29, 0.717) is 13.2 Å². The van der Waals surface area contributed by atoms with Gasteiger partial charge in [0.25, 0.3) is 0 Å². The number of rotatable bonds is 41. The molecule has 0 bridgehead atoms. The Balaban J connectivity index is 4.10. The second kappa shape index (κ2) is 41.6. The normalized spacial score (nSPS) is 12.8. The maximum Gasteiger partial charge on any atom is 0.508 e. The lowest BCUT2D eigenvalue weighted by Crippen LogP contribution is -2.25. The first-order valence-corrected chi connectivity index (χ1v) is 22.8. The Bertz CT molecular complexity index is 803. The SMILES string of the molecule is CCCCCCCCCCCCCCCCCCOCC(CCCCCCCC/C=C\C[C@@H](CCCCCC)OC(C)=O)OC(=O)OCCCN(C)C. The number of esters is 1. The van der Waals surface area contributed by atoms with E-state index in [1.165, 1.54) is 148 Å². The molecule has 0 heterocycles. The summed E-state index contributed by atoms with van der Waals surface area (Å²) in [6.45, 7) is 8.45. The lowest BCUT2D eigenvalue weighted by molar-refractivity contribution is -0.146. The van der Waals surface area contributed by atoms with Crippen molar-refractivity contribution < 1.29 is 28.5 Å². The van der Waals surface area contributed by atoms with Crippen LogP contribution in [0, 0.1) is 0 Å². The predicted molar refractivity (Wildman–Crippen MR) is 225 cm³/mol. The molecule has 7 heteroatoms. The summed E-state index contributed by atoms with van der Waals surface area (Å²) in [5, 5.41) is 0. The van der Waals surface area contributed by atoms with Gasteiger partial charge in [0, 0.05) is 26.5 Å². The van der Waals surface area contributed by atoms with Gasteiger partial charge in [0.15, 0.2) is 0 Å². The van der Waals surface area contributed by atoms with E-state index in [-0.39, 0.29) is 18.2 Å². The first-order valence-electron chi connectivity index (χ1n) is 22.8. The Hall–Kier alpha value is -1.60. The molecule has 7 nitrogen and oxygen atoms in total. The number of carbonyl (C=O) groups is 2. The third kappa shape index (κ3) is 41.4. The Kier molecular flexibility index (Phi) is 40.3. The van der Waals surface area contributed by atoms with Crippen molar-refractivity contribution in [1.82, 2.24) is 4.90 Å². The standard InChI is InChI=1S/C46H89NO6/c1-6-8-10-12-13-14-15-16-17-18-19-20-24-27-30-34-40-50-42-45(53-46(49)51-41-35-39-47(4)5)38-33-29-26-23-21-22-25-28-32-37-44(52-43(3)48)36-31-11-9-7-2/h28,32,44-45H,6-27,29-31,33-42H2,1-5H3/b32-28-/t44-,45?/m1/s1. The molecule has 0 N–H and O–H groups in total. The average Bonchev–Trinajstić information content (AvgIpc) is 3.13. The molecule has 0 aliphatic heterocycles. The van der Waals surface area contributed by atoms with Crippen LogP contribution >= 0.6 is 0 Å². The van der Waals surface area contributed by atoms with Gasteiger partial charge < -0.3 is 23.8 Å². The molecule has 0 aromatic rings. The van der Waals surface area contributed by atoms with Gasteiger partial charge in [-0.05, 0) is 65.5 Å².